The van der Waals surface area contributed by atoms with Crippen LogP contribution < -0.4 is 0 Å². The molecule has 0 aromatic heterocycles. The molecule has 8 fully saturated rings. The van der Waals surface area contributed by atoms with E-state index in [1.165, 1.54) is 29.4 Å². The van der Waals surface area contributed by atoms with Crippen molar-refractivity contribution in [1.29, 1.82) is 0 Å². The Balaban J connectivity index is 0.000000134. The summed E-state index contributed by atoms with van der Waals surface area (Å²) >= 11 is 0. The summed E-state index contributed by atoms with van der Waals surface area (Å²) in [7, 11) is -10.5. The number of carbonyl (C=O) groups is 2. The molecule has 0 radical (unpaired) electrons. The predicted molar refractivity (Wildman–Crippen MR) is 308 cm³/mol. The van der Waals surface area contributed by atoms with Gasteiger partial charge in [-0.25, -0.2) is 21.2 Å². The quantitative estimate of drug-likeness (QED) is 0.0527. The average molecular weight is 1220 g/mol. The fourth-order valence-electron chi connectivity index (χ4n) is 14.2. The molecule has 0 amide bonds. The van der Waals surface area contributed by atoms with Crippen LogP contribution in [0.5, 0.6) is 0 Å². The van der Waals surface area contributed by atoms with Crippen LogP contribution in [0.3, 0.4) is 0 Å². The van der Waals surface area contributed by atoms with Crippen molar-refractivity contribution in [3.63, 3.8) is 0 Å². The van der Waals surface area contributed by atoms with Crippen molar-refractivity contribution in [2.24, 2.45) is 34.5 Å². The number of aliphatic hydroxyl groups is 2. The van der Waals surface area contributed by atoms with Gasteiger partial charge in [-0.15, -0.1) is 0 Å². The second-order valence-electron chi connectivity index (χ2n) is 23.2. The lowest BCUT2D eigenvalue weighted by molar-refractivity contribution is -0.196. The van der Waals surface area contributed by atoms with E-state index < -0.39 is 84.4 Å². The van der Waals surface area contributed by atoms with Crippen LogP contribution in [0.15, 0.2) is 211 Å². The molecule has 0 heterocycles. The van der Waals surface area contributed by atoms with Crippen molar-refractivity contribution in [2.75, 3.05) is 19.0 Å². The van der Waals surface area contributed by atoms with E-state index in [9.17, 15) is 58.9 Å². The second kappa shape index (κ2) is 26.0. The molecule has 14 rings (SSSR count). The lowest BCUT2D eigenvalue weighted by Crippen LogP contribution is -2.58. The Morgan fingerprint density at radius 3 is 1.00 bits per heavy atom. The molecule has 5 unspecified atom stereocenters. The first-order valence-electron chi connectivity index (χ1n) is 28.0. The molecule has 442 valence electrons. The van der Waals surface area contributed by atoms with Gasteiger partial charge >= 0.3 is 17.2 Å². The first-order chi connectivity index (χ1) is 39.5. The number of benzene rings is 6. The van der Waals surface area contributed by atoms with E-state index >= 15 is 0 Å². The Bertz CT molecular complexity index is 3000. The fraction of sp³-hybridized carbons (Fsp3) is 0.406. The van der Waals surface area contributed by atoms with Crippen LogP contribution >= 0.6 is 0 Å². The van der Waals surface area contributed by atoms with Crippen molar-refractivity contribution in [3.8, 4) is 0 Å². The number of rotatable bonds is 16. The third kappa shape index (κ3) is 15.3. The van der Waals surface area contributed by atoms with Gasteiger partial charge in [-0.2, -0.15) is 8.78 Å². The van der Waals surface area contributed by atoms with E-state index in [-0.39, 0.29) is 46.7 Å². The Morgan fingerprint density at radius 1 is 0.494 bits per heavy atom. The van der Waals surface area contributed by atoms with Gasteiger partial charge in [-0.05, 0) is 174 Å². The molecular weight excluding hydrogens is 1150 g/mol. The monoisotopic (exact) mass is 1210 g/mol. The second-order valence-corrected chi connectivity index (χ2v) is 30.3. The number of halogens is 3. The summed E-state index contributed by atoms with van der Waals surface area (Å²) in [6.45, 7) is -1.14. The van der Waals surface area contributed by atoms with Gasteiger partial charge in [-0.3, -0.25) is 9.59 Å². The van der Waals surface area contributed by atoms with Crippen LogP contribution in [0.2, 0.25) is 0 Å². The molecule has 12 nitrogen and oxygen atoms in total. The van der Waals surface area contributed by atoms with E-state index in [1.807, 2.05) is 0 Å². The summed E-state index contributed by atoms with van der Waals surface area (Å²) < 4.78 is 112. The third-order valence-corrected chi connectivity index (χ3v) is 22.7. The number of carbonyl (C=O) groups excluding carboxylic acids is 2. The van der Waals surface area contributed by atoms with E-state index in [0.717, 1.165) is 38.5 Å². The summed E-state index contributed by atoms with van der Waals surface area (Å²) in [6.07, 6.45) is 3.65. The lowest BCUT2D eigenvalue weighted by Gasteiger charge is -2.58. The number of esters is 2. The zero-order valence-electron chi connectivity index (χ0n) is 45.8. The van der Waals surface area contributed by atoms with Crippen molar-refractivity contribution in [2.45, 2.75) is 135 Å². The van der Waals surface area contributed by atoms with Crippen LogP contribution in [0, 0.1) is 34.5 Å². The Labute approximate surface area is 490 Å². The molecular formula is C64H69F3O12S4. The maximum absolute atomic E-state index is 13.4. The third-order valence-electron chi connectivity index (χ3n) is 16.7. The highest BCUT2D eigenvalue weighted by molar-refractivity contribution is 7.97. The highest BCUT2D eigenvalue weighted by atomic mass is 32.2. The molecule has 0 aliphatic heterocycles. The zero-order chi connectivity index (χ0) is 59.1. The maximum atomic E-state index is 13.4. The Hall–Kier alpha value is -5.51. The lowest BCUT2D eigenvalue weighted by atomic mass is 9.48. The highest BCUT2D eigenvalue weighted by Gasteiger charge is 2.62. The summed E-state index contributed by atoms with van der Waals surface area (Å²) in [6, 6.07) is 64.3. The summed E-state index contributed by atoms with van der Waals surface area (Å²) in [5.41, 5.74) is -3.20. The van der Waals surface area contributed by atoms with Gasteiger partial charge in [0, 0.05) is 6.42 Å². The first kappa shape index (κ1) is 62.0. The molecule has 0 saturated heterocycles. The van der Waals surface area contributed by atoms with Crippen LogP contribution in [-0.2, 0) is 61.1 Å². The highest BCUT2D eigenvalue weighted by Crippen LogP contribution is 2.63. The van der Waals surface area contributed by atoms with Gasteiger partial charge in [-0.1, -0.05) is 109 Å². The van der Waals surface area contributed by atoms with E-state index in [0.29, 0.717) is 43.9 Å². The zero-order valence-corrected chi connectivity index (χ0v) is 49.0. The SMILES string of the molecule is O=C(OCCC(F)C(F)(F)S(=O)(=O)[O-])C12CC3CC(CC(O)(C3)C1)C2.O=C(OCCS(=O)(=O)[O-])C12CC3CC(CC(O)(C3)C1)C2.c1ccc([S+](c2ccccc2)c2ccccc2)cc1.c1ccc([S+](c2ccccc2)c2ccccc2)cc1. The number of hydrogen-bond donors (Lipinski definition) is 2. The van der Waals surface area contributed by atoms with Gasteiger partial charge in [0.1, 0.15) is 6.61 Å². The topological polar surface area (TPSA) is 207 Å². The van der Waals surface area contributed by atoms with E-state index in [2.05, 4.69) is 182 Å². The Morgan fingerprint density at radius 2 is 0.759 bits per heavy atom. The van der Waals surface area contributed by atoms with Crippen LogP contribution in [-0.4, -0.2) is 89.7 Å². The molecule has 5 atom stereocenters. The van der Waals surface area contributed by atoms with Gasteiger partial charge in [0.25, 0.3) is 0 Å². The van der Waals surface area contributed by atoms with Gasteiger partial charge in [0.2, 0.25) is 0 Å². The standard InChI is InChI=1S/2C18H15S.C15H21F3O6S.C13H20O6S/c2*1-4-10-16(11-5-1)19(17-12-6-2-7-13-17)18-14-8-3-9-15-18;16-11(15(17,18)25(21,22)23)1-2-24-12(19)13-4-9-3-10(5-13)7-14(20,6-9)8-13;14-11(19-1-2-20(16,17)18)12-4-9-3-10(5-12)7-13(15,6-9)8-12/h2*1-15H;9-11,20H,1-8H2,(H,21,22,23);9-10,15H,1-8H2,(H,16,17,18)/q2*+1;;/p-2. The molecule has 8 aliphatic carbocycles. The summed E-state index contributed by atoms with van der Waals surface area (Å²) in [4.78, 5) is 32.9. The smallest absolute Gasteiger partial charge is 0.364 e. The van der Waals surface area contributed by atoms with Gasteiger partial charge in [0.15, 0.2) is 45.7 Å². The average Bonchev–Trinajstić information content (AvgIpc) is 2.12. The molecule has 83 heavy (non-hydrogen) atoms. The first-order valence-corrected chi connectivity index (χ1v) is 33.4. The number of hydrogen-bond acceptors (Lipinski definition) is 12. The maximum Gasteiger partial charge on any atom is 0.364 e. The molecule has 0 spiro atoms. The van der Waals surface area contributed by atoms with Crippen molar-refractivity contribution in [3.05, 3.63) is 182 Å². The van der Waals surface area contributed by atoms with Gasteiger partial charge in [0.05, 0.1) is 66.3 Å². The summed E-state index contributed by atoms with van der Waals surface area (Å²) in [5, 5.41) is 16.0. The molecule has 8 aliphatic rings. The number of alkyl halides is 3. The fourth-order valence-corrected chi connectivity index (χ4v) is 19.1. The van der Waals surface area contributed by atoms with Crippen molar-refractivity contribution in [1.82, 2.24) is 0 Å². The molecule has 6 aromatic rings. The molecule has 2 N–H and O–H groups in total. The summed E-state index contributed by atoms with van der Waals surface area (Å²) in [5.74, 6) is -0.653. The normalized spacial score (nSPS) is 26.8. The van der Waals surface area contributed by atoms with E-state index in [1.54, 1.807) is 0 Å². The minimum Gasteiger partial charge on any atom is -0.748 e. The Kier molecular flexibility index (Phi) is 19.4. The van der Waals surface area contributed by atoms with Crippen molar-refractivity contribution < 1.29 is 68.4 Å². The minimum absolute atomic E-state index is 0.0146. The van der Waals surface area contributed by atoms with Crippen LogP contribution in [0.25, 0.3) is 0 Å². The van der Waals surface area contributed by atoms with Crippen LogP contribution in [0.1, 0.15) is 83.5 Å². The minimum atomic E-state index is -6.13. The molecule has 8 saturated carbocycles. The van der Waals surface area contributed by atoms with Crippen LogP contribution in [0.4, 0.5) is 13.2 Å². The number of ether oxygens (including phenoxy) is 2. The van der Waals surface area contributed by atoms with E-state index in [4.69, 9.17) is 9.47 Å². The molecule has 19 heteroatoms. The molecule has 6 aromatic carbocycles. The van der Waals surface area contributed by atoms with Crippen molar-refractivity contribution >= 4 is 54.0 Å². The molecule has 8 bridgehead atoms. The van der Waals surface area contributed by atoms with Gasteiger partial charge < -0.3 is 28.8 Å². The predicted octanol–water partition coefficient (Wildman–Crippen LogP) is 11.7. The largest absolute Gasteiger partial charge is 0.748 e.